The number of nitrogens with zero attached hydrogens (tertiary/aromatic N) is 2. The minimum absolute atomic E-state index is 0.287. The van der Waals surface area contributed by atoms with Crippen LogP contribution in [0.3, 0.4) is 0 Å². The molecule has 0 spiro atoms. The standard InChI is InChI=1S/C19H18F3N3O2/c20-10-16(25-19(27)18(21)22)17(26)13-5-3-12(4-6-13)14-7-8-15(24-11-14)2-1-9-23/h3-8,11,16-18,26H,1-2,10H2,(H,25,27)/t16-,17+/m1/s1. The molecule has 0 fully saturated rings. The van der Waals surface area contributed by atoms with Crippen LogP contribution >= 0.6 is 0 Å². The summed E-state index contributed by atoms with van der Waals surface area (Å²) >= 11 is 0. The lowest BCUT2D eigenvalue weighted by molar-refractivity contribution is -0.133. The molecule has 0 bridgehead atoms. The van der Waals surface area contributed by atoms with E-state index in [1.54, 1.807) is 23.6 Å². The molecule has 1 aromatic carbocycles. The topological polar surface area (TPSA) is 86.0 Å². The smallest absolute Gasteiger partial charge is 0.315 e. The van der Waals surface area contributed by atoms with Crippen molar-refractivity contribution in [2.45, 2.75) is 31.4 Å². The second-order valence-corrected chi connectivity index (χ2v) is 5.83. The SMILES string of the molecule is N#CCCc1ccc(-c2ccc([C@H](O)[C@@H](CF)NC(=O)C(F)F)cc2)cn1. The Hall–Kier alpha value is -2.92. The normalized spacial score (nSPS) is 13.0. The van der Waals surface area contributed by atoms with Crippen molar-refractivity contribution >= 4 is 5.91 Å². The molecule has 0 unspecified atom stereocenters. The van der Waals surface area contributed by atoms with Gasteiger partial charge >= 0.3 is 6.43 Å². The summed E-state index contributed by atoms with van der Waals surface area (Å²) in [6.07, 6.45) is -2.13. The van der Waals surface area contributed by atoms with E-state index in [0.717, 1.165) is 16.8 Å². The van der Waals surface area contributed by atoms with Crippen molar-refractivity contribution < 1.29 is 23.1 Å². The van der Waals surface area contributed by atoms with Gasteiger partial charge in [0.15, 0.2) is 0 Å². The second kappa shape index (κ2) is 9.69. The molecule has 5 nitrogen and oxygen atoms in total. The van der Waals surface area contributed by atoms with Crippen molar-refractivity contribution in [1.29, 1.82) is 5.26 Å². The molecule has 0 saturated heterocycles. The van der Waals surface area contributed by atoms with Gasteiger partial charge < -0.3 is 10.4 Å². The van der Waals surface area contributed by atoms with Gasteiger partial charge in [-0.05, 0) is 17.2 Å². The highest BCUT2D eigenvalue weighted by Crippen LogP contribution is 2.24. The van der Waals surface area contributed by atoms with Crippen LogP contribution in [-0.4, -0.2) is 35.1 Å². The Balaban J connectivity index is 2.09. The van der Waals surface area contributed by atoms with E-state index < -0.39 is 31.2 Å². The zero-order chi connectivity index (χ0) is 19.8. The first-order valence-corrected chi connectivity index (χ1v) is 8.21. The van der Waals surface area contributed by atoms with Gasteiger partial charge in [-0.25, -0.2) is 4.39 Å². The molecule has 0 radical (unpaired) electrons. The lowest BCUT2D eigenvalue weighted by atomic mass is 9.99. The Labute approximate surface area is 154 Å². The second-order valence-electron chi connectivity index (χ2n) is 5.83. The Morgan fingerprint density at radius 2 is 1.85 bits per heavy atom. The predicted octanol–water partition coefficient (Wildman–Crippen LogP) is 2.96. The number of aliphatic hydroxyl groups excluding tert-OH is 1. The van der Waals surface area contributed by atoms with Crippen LogP contribution in [0.15, 0.2) is 42.6 Å². The quantitative estimate of drug-likeness (QED) is 0.741. The molecule has 142 valence electrons. The number of rotatable bonds is 8. The van der Waals surface area contributed by atoms with Crippen molar-refractivity contribution in [2.75, 3.05) is 6.67 Å². The minimum Gasteiger partial charge on any atom is -0.386 e. The van der Waals surface area contributed by atoms with Crippen LogP contribution in [0.25, 0.3) is 11.1 Å². The molecule has 0 aliphatic heterocycles. The van der Waals surface area contributed by atoms with Gasteiger partial charge in [0.2, 0.25) is 0 Å². The zero-order valence-electron chi connectivity index (χ0n) is 14.3. The lowest BCUT2D eigenvalue weighted by Gasteiger charge is -2.22. The molecule has 27 heavy (non-hydrogen) atoms. The van der Waals surface area contributed by atoms with Crippen molar-refractivity contribution in [2.24, 2.45) is 0 Å². The number of hydrogen-bond donors (Lipinski definition) is 2. The van der Waals surface area contributed by atoms with Crippen LogP contribution in [0.1, 0.15) is 23.8 Å². The number of pyridine rings is 1. The molecule has 2 aromatic rings. The fourth-order valence-corrected chi connectivity index (χ4v) is 2.48. The summed E-state index contributed by atoms with van der Waals surface area (Å²) in [4.78, 5) is 15.3. The molecule has 2 rings (SSSR count). The summed E-state index contributed by atoms with van der Waals surface area (Å²) in [5.41, 5.74) is 2.69. The molecule has 1 amide bonds. The lowest BCUT2D eigenvalue weighted by Crippen LogP contribution is -2.43. The van der Waals surface area contributed by atoms with E-state index in [2.05, 4.69) is 11.1 Å². The predicted molar refractivity (Wildman–Crippen MR) is 92.5 cm³/mol. The Morgan fingerprint density at radius 3 is 2.37 bits per heavy atom. The van der Waals surface area contributed by atoms with Crippen molar-refractivity contribution in [3.05, 3.63) is 53.9 Å². The number of aryl methyl sites for hydroxylation is 1. The van der Waals surface area contributed by atoms with Gasteiger partial charge in [0, 0.05) is 30.3 Å². The number of carbonyl (C=O) groups is 1. The summed E-state index contributed by atoms with van der Waals surface area (Å²) in [7, 11) is 0. The van der Waals surface area contributed by atoms with Gasteiger partial charge in [-0.15, -0.1) is 0 Å². The highest BCUT2D eigenvalue weighted by molar-refractivity contribution is 5.79. The average molecular weight is 377 g/mol. The summed E-state index contributed by atoms with van der Waals surface area (Å²) in [6.45, 7) is -1.19. The number of nitriles is 1. The number of halogens is 3. The van der Waals surface area contributed by atoms with Crippen molar-refractivity contribution in [1.82, 2.24) is 10.3 Å². The fraction of sp³-hybridized carbons (Fsp3) is 0.316. The van der Waals surface area contributed by atoms with Crippen LogP contribution in [-0.2, 0) is 11.2 Å². The highest BCUT2D eigenvalue weighted by atomic mass is 19.3. The molecular weight excluding hydrogens is 359 g/mol. The fourth-order valence-electron chi connectivity index (χ4n) is 2.48. The van der Waals surface area contributed by atoms with E-state index in [1.165, 1.54) is 12.1 Å². The monoisotopic (exact) mass is 377 g/mol. The van der Waals surface area contributed by atoms with E-state index in [9.17, 15) is 23.1 Å². The molecule has 0 aliphatic carbocycles. The zero-order valence-corrected chi connectivity index (χ0v) is 14.3. The van der Waals surface area contributed by atoms with Gasteiger partial charge in [0.05, 0.1) is 12.1 Å². The third-order valence-electron chi connectivity index (χ3n) is 3.98. The van der Waals surface area contributed by atoms with Crippen LogP contribution in [0.4, 0.5) is 13.2 Å². The van der Waals surface area contributed by atoms with Gasteiger partial charge in [-0.1, -0.05) is 30.3 Å². The van der Waals surface area contributed by atoms with Crippen molar-refractivity contribution in [3.63, 3.8) is 0 Å². The van der Waals surface area contributed by atoms with E-state index in [-0.39, 0.29) is 5.56 Å². The molecule has 0 saturated carbocycles. The number of carbonyl (C=O) groups excluding carboxylic acids is 1. The molecule has 2 atom stereocenters. The summed E-state index contributed by atoms with van der Waals surface area (Å²) in [5.74, 6) is -1.63. The van der Waals surface area contributed by atoms with Crippen LogP contribution in [0.5, 0.6) is 0 Å². The van der Waals surface area contributed by atoms with E-state index in [0.29, 0.717) is 12.8 Å². The van der Waals surface area contributed by atoms with Crippen LogP contribution in [0.2, 0.25) is 0 Å². The Morgan fingerprint density at radius 1 is 1.19 bits per heavy atom. The molecule has 8 heteroatoms. The maximum absolute atomic E-state index is 13.0. The van der Waals surface area contributed by atoms with Gasteiger partial charge in [0.25, 0.3) is 5.91 Å². The van der Waals surface area contributed by atoms with E-state index in [1.807, 2.05) is 12.1 Å². The first kappa shape index (κ1) is 20.4. The van der Waals surface area contributed by atoms with Gasteiger partial charge in [-0.3, -0.25) is 9.78 Å². The van der Waals surface area contributed by atoms with Crippen LogP contribution < -0.4 is 5.32 Å². The number of amides is 1. The first-order chi connectivity index (χ1) is 13.0. The Kier molecular flexibility index (Phi) is 7.32. The van der Waals surface area contributed by atoms with Gasteiger partial charge in [-0.2, -0.15) is 14.0 Å². The number of aromatic nitrogens is 1. The molecular formula is C19H18F3N3O2. The number of hydrogen-bond acceptors (Lipinski definition) is 4. The van der Waals surface area contributed by atoms with Crippen molar-refractivity contribution in [3.8, 4) is 17.2 Å². The van der Waals surface area contributed by atoms with Gasteiger partial charge in [0.1, 0.15) is 12.8 Å². The summed E-state index contributed by atoms with van der Waals surface area (Å²) in [6, 6.07) is 10.7. The number of alkyl halides is 3. The highest BCUT2D eigenvalue weighted by Gasteiger charge is 2.26. The Bertz CT molecular complexity index is 789. The first-order valence-electron chi connectivity index (χ1n) is 8.21. The molecule has 1 heterocycles. The van der Waals surface area contributed by atoms with E-state index in [4.69, 9.17) is 5.26 Å². The third kappa shape index (κ3) is 5.53. The largest absolute Gasteiger partial charge is 0.386 e. The third-order valence-corrected chi connectivity index (χ3v) is 3.98. The molecule has 0 aliphatic rings. The maximum atomic E-state index is 13.0. The summed E-state index contributed by atoms with van der Waals surface area (Å²) in [5, 5.41) is 20.5. The number of aliphatic hydroxyl groups is 1. The number of benzene rings is 1. The number of nitrogens with one attached hydrogen (secondary N) is 1. The average Bonchev–Trinajstić information content (AvgIpc) is 2.70. The summed E-state index contributed by atoms with van der Waals surface area (Å²) < 4.78 is 37.6. The minimum atomic E-state index is -3.28. The molecule has 1 aromatic heterocycles. The van der Waals surface area contributed by atoms with E-state index >= 15 is 0 Å². The molecule has 2 N–H and O–H groups in total. The van der Waals surface area contributed by atoms with Crippen LogP contribution in [0, 0.1) is 11.3 Å². The maximum Gasteiger partial charge on any atom is 0.315 e.